The molecule has 3 aromatic carbocycles. The Morgan fingerprint density at radius 2 is 1.93 bits per heavy atom. The van der Waals surface area contributed by atoms with Crippen molar-refractivity contribution in [1.29, 1.82) is 0 Å². The fourth-order valence-electron chi connectivity index (χ4n) is 4.41. The molecule has 1 heterocycles. The normalized spacial score (nSPS) is 19.0. The minimum Gasteiger partial charge on any atom is -0.318 e. The van der Waals surface area contributed by atoms with Gasteiger partial charge in [0.2, 0.25) is 0 Å². The highest BCUT2D eigenvalue weighted by atomic mass is 35.5. The first-order valence-corrected chi connectivity index (χ1v) is 10.4. The van der Waals surface area contributed by atoms with Crippen LogP contribution in [0.4, 0.5) is 10.1 Å². The second kappa shape index (κ2) is 8.62. The van der Waals surface area contributed by atoms with Gasteiger partial charge in [-0.25, -0.2) is 4.39 Å². The topological polar surface area (TPSA) is 36.4 Å². The van der Waals surface area contributed by atoms with Crippen molar-refractivity contribution in [3.63, 3.8) is 0 Å². The van der Waals surface area contributed by atoms with Crippen LogP contribution in [0.15, 0.2) is 53.5 Å². The van der Waals surface area contributed by atoms with Crippen molar-refractivity contribution in [3.05, 3.63) is 64.9 Å². The first kappa shape index (κ1) is 20.0. The number of nitrogens with one attached hydrogen (secondary N) is 2. The zero-order chi connectivity index (χ0) is 20.4. The van der Waals surface area contributed by atoms with Gasteiger partial charge in [0.25, 0.3) is 0 Å². The van der Waals surface area contributed by atoms with E-state index in [1.54, 1.807) is 0 Å². The lowest BCUT2D eigenvalue weighted by Gasteiger charge is -2.18. The Morgan fingerprint density at radius 1 is 1.17 bits per heavy atom. The largest absolute Gasteiger partial charge is 0.318 e. The highest BCUT2D eigenvalue weighted by Gasteiger charge is 2.26. The fourth-order valence-corrected chi connectivity index (χ4v) is 4.73. The van der Waals surface area contributed by atoms with E-state index >= 15 is 4.39 Å². The predicted octanol–water partition coefficient (Wildman–Crippen LogP) is 5.51. The number of hydrogen-bond acceptors (Lipinski definition) is 3. The molecule has 0 amide bonds. The molecule has 0 bridgehead atoms. The van der Waals surface area contributed by atoms with Crippen LogP contribution >= 0.6 is 11.6 Å². The van der Waals surface area contributed by atoms with Crippen molar-refractivity contribution in [2.45, 2.75) is 31.3 Å². The molecule has 29 heavy (non-hydrogen) atoms. The molecule has 2 atom stereocenters. The molecule has 2 N–H and O–H groups in total. The molecule has 1 fully saturated rings. The molecule has 0 radical (unpaired) electrons. The molecule has 3 aromatic rings. The number of likely N-dealkylation sites (N-methyl/N-ethyl adjacent to an activating group) is 1. The maximum atomic E-state index is 15.6. The van der Waals surface area contributed by atoms with Gasteiger partial charge in [0.05, 0.1) is 5.02 Å². The van der Waals surface area contributed by atoms with Crippen LogP contribution in [-0.2, 0) is 6.42 Å². The van der Waals surface area contributed by atoms with Gasteiger partial charge >= 0.3 is 0 Å². The maximum Gasteiger partial charge on any atom is 0.158 e. The molecule has 2 unspecified atom stereocenters. The predicted molar refractivity (Wildman–Crippen MR) is 121 cm³/mol. The highest BCUT2D eigenvalue weighted by Crippen LogP contribution is 2.41. The van der Waals surface area contributed by atoms with Gasteiger partial charge in [-0.3, -0.25) is 4.99 Å². The van der Waals surface area contributed by atoms with Gasteiger partial charge in [0.1, 0.15) is 5.69 Å². The Hall–Kier alpha value is -2.27. The lowest BCUT2D eigenvalue weighted by molar-refractivity contribution is 0.515. The molecule has 4 rings (SSSR count). The number of halogens is 2. The average molecular weight is 410 g/mol. The molecule has 150 valence electrons. The summed E-state index contributed by atoms with van der Waals surface area (Å²) in [5.41, 5.74) is 2.27. The number of hydrogen-bond donors (Lipinski definition) is 2. The first-order chi connectivity index (χ1) is 14.1. The monoisotopic (exact) mass is 409 g/mol. The van der Waals surface area contributed by atoms with Crippen LogP contribution in [0.25, 0.3) is 21.9 Å². The van der Waals surface area contributed by atoms with Crippen molar-refractivity contribution in [2.75, 3.05) is 13.6 Å². The van der Waals surface area contributed by atoms with Crippen LogP contribution in [-0.4, -0.2) is 32.4 Å². The van der Waals surface area contributed by atoms with Crippen molar-refractivity contribution in [2.24, 2.45) is 4.99 Å². The quantitative estimate of drug-likeness (QED) is 0.526. The Bertz CT molecular complexity index is 1040. The summed E-state index contributed by atoms with van der Waals surface area (Å²) in [6.07, 6.45) is 2.83. The van der Waals surface area contributed by atoms with E-state index in [-0.39, 0.29) is 6.04 Å². The van der Waals surface area contributed by atoms with E-state index in [2.05, 4.69) is 22.3 Å². The summed E-state index contributed by atoms with van der Waals surface area (Å²) >= 11 is 6.63. The van der Waals surface area contributed by atoms with Gasteiger partial charge in [-0.15, -0.1) is 0 Å². The molecule has 0 aliphatic carbocycles. The molecular weight excluding hydrogens is 385 g/mol. The van der Waals surface area contributed by atoms with Crippen LogP contribution < -0.4 is 10.6 Å². The number of fused-ring (bicyclic) bond motifs is 1. The standard InChI is InChI=1S/C24H25ClFN3/c1-27-14-18-11-10-17(29-18)12-16-13-21(25)22(23(26)24(16)28-2)20-9-5-7-15-6-3-4-8-19(15)20/h3-9,13,17-18,27,29H,2,10-12,14H2,1H3. The van der Waals surface area contributed by atoms with Gasteiger partial charge in [-0.2, -0.15) is 0 Å². The SMILES string of the molecule is C=Nc1c(CC2CCC(CNC)N2)cc(Cl)c(-c2cccc3ccccc23)c1F. The van der Waals surface area contributed by atoms with Crippen LogP contribution in [0.3, 0.4) is 0 Å². The lowest BCUT2D eigenvalue weighted by Crippen LogP contribution is -2.37. The van der Waals surface area contributed by atoms with Gasteiger partial charge in [-0.1, -0.05) is 54.1 Å². The molecular formula is C24H25ClFN3. The minimum absolute atomic E-state index is 0.285. The summed E-state index contributed by atoms with van der Waals surface area (Å²) in [5, 5.41) is 9.23. The number of benzene rings is 3. The minimum atomic E-state index is -0.399. The summed E-state index contributed by atoms with van der Waals surface area (Å²) < 4.78 is 15.6. The zero-order valence-electron chi connectivity index (χ0n) is 16.5. The zero-order valence-corrected chi connectivity index (χ0v) is 17.3. The molecule has 0 saturated carbocycles. The van der Waals surface area contributed by atoms with E-state index in [1.165, 1.54) is 0 Å². The summed E-state index contributed by atoms with van der Waals surface area (Å²) in [4.78, 5) is 4.05. The van der Waals surface area contributed by atoms with Crippen molar-refractivity contribution in [3.8, 4) is 11.1 Å². The Labute approximate surface area is 176 Å². The van der Waals surface area contributed by atoms with Gasteiger partial charge in [-0.05, 0) is 61.0 Å². The molecule has 1 saturated heterocycles. The first-order valence-electron chi connectivity index (χ1n) is 9.98. The van der Waals surface area contributed by atoms with E-state index in [0.29, 0.717) is 28.7 Å². The van der Waals surface area contributed by atoms with Gasteiger partial charge in [0.15, 0.2) is 5.82 Å². The average Bonchev–Trinajstić information content (AvgIpc) is 3.15. The van der Waals surface area contributed by atoms with Crippen LogP contribution in [0.5, 0.6) is 0 Å². The third-order valence-corrected chi connectivity index (χ3v) is 6.04. The summed E-state index contributed by atoms with van der Waals surface area (Å²) in [6, 6.07) is 16.3. The second-order valence-electron chi connectivity index (χ2n) is 7.64. The van der Waals surface area contributed by atoms with Crippen LogP contribution in [0.2, 0.25) is 5.02 Å². The van der Waals surface area contributed by atoms with E-state index < -0.39 is 5.82 Å². The molecule has 1 aliphatic heterocycles. The molecule has 0 spiro atoms. The Balaban J connectivity index is 1.74. The molecule has 3 nitrogen and oxygen atoms in total. The van der Waals surface area contributed by atoms with E-state index in [9.17, 15) is 0 Å². The molecule has 5 heteroatoms. The highest BCUT2D eigenvalue weighted by molar-refractivity contribution is 6.34. The van der Waals surface area contributed by atoms with Crippen LogP contribution in [0.1, 0.15) is 18.4 Å². The maximum absolute atomic E-state index is 15.6. The fraction of sp³-hybridized carbons (Fsp3) is 0.292. The van der Waals surface area contributed by atoms with Crippen molar-refractivity contribution < 1.29 is 4.39 Å². The summed E-state index contributed by atoms with van der Waals surface area (Å²) in [5.74, 6) is -0.399. The Kier molecular flexibility index (Phi) is 5.95. The van der Waals surface area contributed by atoms with E-state index in [0.717, 1.165) is 41.3 Å². The summed E-state index contributed by atoms with van der Waals surface area (Å²) in [6.45, 7) is 4.56. The van der Waals surface area contributed by atoms with Crippen LogP contribution in [0, 0.1) is 5.82 Å². The third kappa shape index (κ3) is 3.93. The van der Waals surface area contributed by atoms with Crippen molar-refractivity contribution >= 4 is 34.8 Å². The second-order valence-corrected chi connectivity index (χ2v) is 8.05. The van der Waals surface area contributed by atoms with Gasteiger partial charge in [0, 0.05) is 24.2 Å². The molecule has 0 aromatic heterocycles. The number of nitrogens with zero attached hydrogens (tertiary/aromatic N) is 1. The summed E-state index contributed by atoms with van der Waals surface area (Å²) in [7, 11) is 1.95. The van der Waals surface area contributed by atoms with Gasteiger partial charge < -0.3 is 10.6 Å². The number of rotatable bonds is 6. The molecule has 1 aliphatic rings. The third-order valence-electron chi connectivity index (χ3n) is 5.74. The lowest BCUT2D eigenvalue weighted by atomic mass is 9.94. The van der Waals surface area contributed by atoms with E-state index in [1.807, 2.05) is 55.6 Å². The smallest absolute Gasteiger partial charge is 0.158 e. The number of aliphatic imine (C=N–C) groups is 1. The van der Waals surface area contributed by atoms with E-state index in [4.69, 9.17) is 11.6 Å². The Morgan fingerprint density at radius 3 is 2.72 bits per heavy atom. The van der Waals surface area contributed by atoms with Crippen molar-refractivity contribution in [1.82, 2.24) is 10.6 Å².